The summed E-state index contributed by atoms with van der Waals surface area (Å²) >= 11 is 0. The molecular formula is C25H24F2N6O4. The lowest BCUT2D eigenvalue weighted by Crippen LogP contribution is -2.39. The molecule has 0 N–H and O–H groups in total. The first-order valence-corrected chi connectivity index (χ1v) is 11.8. The van der Waals surface area contributed by atoms with Crippen molar-refractivity contribution >= 4 is 22.6 Å². The average Bonchev–Trinajstić information content (AvgIpc) is 3.40. The number of rotatable bonds is 6. The number of nitriles is 1. The minimum Gasteiger partial charge on any atom is -0.454 e. The second-order valence-electron chi connectivity index (χ2n) is 8.95. The summed E-state index contributed by atoms with van der Waals surface area (Å²) < 4.78 is 38.2. The highest BCUT2D eigenvalue weighted by Gasteiger charge is 2.32. The Labute approximate surface area is 210 Å². The highest BCUT2D eigenvalue weighted by atomic mass is 19.3. The Morgan fingerprint density at radius 2 is 2.00 bits per heavy atom. The van der Waals surface area contributed by atoms with Gasteiger partial charge in [-0.1, -0.05) is 11.2 Å². The molecule has 12 heteroatoms. The van der Waals surface area contributed by atoms with Crippen molar-refractivity contribution in [1.82, 2.24) is 14.5 Å². The van der Waals surface area contributed by atoms with Crippen LogP contribution in [0.2, 0.25) is 0 Å². The maximum Gasteiger partial charge on any atom is 0.407 e. The standard InChI is InChI=1S/C25H24F2N6O4/c1-32(23-21-18(33(2)25(34)30-23)11-8-15(12-28)29-21)16-9-6-14(7-10-16)20(31-37-24(26)27)17-4-3-5-19-22(17)36-13-35-19/h3-5,8,11,14,16,24H,6-7,9-10,13H2,1-2H3/b31-20-. The number of anilines is 1. The van der Waals surface area contributed by atoms with Gasteiger partial charge in [-0.05, 0) is 49.9 Å². The summed E-state index contributed by atoms with van der Waals surface area (Å²) in [6.45, 7) is -3.00. The molecule has 5 rings (SSSR count). The zero-order valence-corrected chi connectivity index (χ0v) is 20.2. The van der Waals surface area contributed by atoms with Crippen molar-refractivity contribution in [3.8, 4) is 17.6 Å². The van der Waals surface area contributed by atoms with Crippen molar-refractivity contribution in [3.63, 3.8) is 0 Å². The Morgan fingerprint density at radius 1 is 1.22 bits per heavy atom. The number of alkyl halides is 2. The van der Waals surface area contributed by atoms with Crippen LogP contribution in [0.5, 0.6) is 11.5 Å². The van der Waals surface area contributed by atoms with E-state index in [1.165, 1.54) is 4.57 Å². The van der Waals surface area contributed by atoms with Gasteiger partial charge in [-0.15, -0.1) is 0 Å². The van der Waals surface area contributed by atoms with E-state index in [0.717, 1.165) is 0 Å². The molecule has 0 radical (unpaired) electrons. The van der Waals surface area contributed by atoms with Gasteiger partial charge in [-0.25, -0.2) is 9.78 Å². The molecular weight excluding hydrogens is 486 g/mol. The van der Waals surface area contributed by atoms with Gasteiger partial charge in [0.25, 0.3) is 0 Å². The molecule has 10 nitrogen and oxygen atoms in total. The van der Waals surface area contributed by atoms with E-state index >= 15 is 0 Å². The molecule has 192 valence electrons. The smallest absolute Gasteiger partial charge is 0.407 e. The molecule has 0 atom stereocenters. The van der Waals surface area contributed by atoms with E-state index in [4.69, 9.17) is 9.47 Å². The van der Waals surface area contributed by atoms with E-state index < -0.39 is 12.3 Å². The third-order valence-corrected chi connectivity index (χ3v) is 6.92. The van der Waals surface area contributed by atoms with Crippen LogP contribution < -0.4 is 20.1 Å². The molecule has 3 aromatic rings. The van der Waals surface area contributed by atoms with Crippen LogP contribution in [0, 0.1) is 17.2 Å². The number of hydrogen-bond donors (Lipinski definition) is 0. The normalized spacial score (nSPS) is 19.2. The number of oxime groups is 1. The first-order chi connectivity index (χ1) is 17.9. The van der Waals surface area contributed by atoms with E-state index in [1.807, 2.05) is 18.0 Å². The maximum absolute atomic E-state index is 12.9. The van der Waals surface area contributed by atoms with Gasteiger partial charge in [-0.2, -0.15) is 19.0 Å². The van der Waals surface area contributed by atoms with Gasteiger partial charge in [0.15, 0.2) is 17.3 Å². The fraction of sp³-hybridized carbons (Fsp3) is 0.400. The van der Waals surface area contributed by atoms with Gasteiger partial charge in [0, 0.05) is 31.6 Å². The number of halogens is 2. The fourth-order valence-electron chi connectivity index (χ4n) is 5.00. The first-order valence-electron chi connectivity index (χ1n) is 11.8. The molecule has 0 spiro atoms. The summed E-state index contributed by atoms with van der Waals surface area (Å²) in [4.78, 5) is 27.5. The zero-order chi connectivity index (χ0) is 26.1. The van der Waals surface area contributed by atoms with Crippen molar-refractivity contribution < 1.29 is 23.1 Å². The summed E-state index contributed by atoms with van der Waals surface area (Å²) in [5, 5.41) is 13.1. The number of hydrogen-bond acceptors (Lipinski definition) is 9. The zero-order valence-electron chi connectivity index (χ0n) is 20.2. The van der Waals surface area contributed by atoms with Crippen LogP contribution >= 0.6 is 0 Å². The average molecular weight is 511 g/mol. The molecule has 0 saturated heterocycles. The highest BCUT2D eigenvalue weighted by Crippen LogP contribution is 2.40. The molecule has 2 aliphatic rings. The summed E-state index contributed by atoms with van der Waals surface area (Å²) in [6, 6.07) is 10.5. The molecule has 1 aliphatic carbocycles. The van der Waals surface area contributed by atoms with E-state index in [9.17, 15) is 18.8 Å². The van der Waals surface area contributed by atoms with Crippen LogP contribution in [0.25, 0.3) is 11.0 Å². The van der Waals surface area contributed by atoms with E-state index in [0.29, 0.717) is 65.3 Å². The topological polar surface area (TPSA) is 115 Å². The number of fused-ring (bicyclic) bond motifs is 2. The van der Waals surface area contributed by atoms with Crippen molar-refractivity contribution in [2.24, 2.45) is 18.1 Å². The molecule has 1 aromatic carbocycles. The van der Waals surface area contributed by atoms with Crippen LogP contribution in [0.3, 0.4) is 0 Å². The number of aromatic nitrogens is 3. The third-order valence-electron chi connectivity index (χ3n) is 6.92. The lowest BCUT2D eigenvalue weighted by molar-refractivity contribution is -0.128. The van der Waals surface area contributed by atoms with Crippen LogP contribution in [-0.4, -0.2) is 46.7 Å². The van der Waals surface area contributed by atoms with E-state index in [1.54, 1.807) is 37.4 Å². The minimum absolute atomic E-state index is 0.00457. The highest BCUT2D eigenvalue weighted by molar-refractivity contribution is 6.05. The lowest BCUT2D eigenvalue weighted by Gasteiger charge is -2.35. The quantitative estimate of drug-likeness (QED) is 0.365. The molecule has 0 amide bonds. The van der Waals surface area contributed by atoms with Crippen LogP contribution in [0.1, 0.15) is 36.9 Å². The third kappa shape index (κ3) is 4.64. The minimum atomic E-state index is -3.04. The lowest BCUT2D eigenvalue weighted by atomic mass is 9.80. The van der Waals surface area contributed by atoms with Crippen LogP contribution in [0.15, 0.2) is 40.3 Å². The molecule has 0 unspecified atom stereocenters. The second-order valence-corrected chi connectivity index (χ2v) is 8.95. The number of nitrogens with zero attached hydrogens (tertiary/aromatic N) is 6. The second kappa shape index (κ2) is 10.0. The van der Waals surface area contributed by atoms with Crippen molar-refractivity contribution in [3.05, 3.63) is 52.1 Å². The summed E-state index contributed by atoms with van der Waals surface area (Å²) in [5.74, 6) is 1.24. The van der Waals surface area contributed by atoms with Crippen molar-refractivity contribution in [1.29, 1.82) is 5.26 Å². The molecule has 2 aromatic heterocycles. The first kappa shape index (κ1) is 24.4. The molecule has 1 aliphatic heterocycles. The molecule has 37 heavy (non-hydrogen) atoms. The number of ether oxygens (including phenoxy) is 2. The Balaban J connectivity index is 1.41. The van der Waals surface area contributed by atoms with E-state index in [-0.39, 0.29) is 24.4 Å². The number of pyridine rings is 1. The van der Waals surface area contributed by atoms with Gasteiger partial charge in [-0.3, -0.25) is 4.57 Å². The van der Waals surface area contributed by atoms with Gasteiger partial charge in [0.05, 0.1) is 11.2 Å². The summed E-state index contributed by atoms with van der Waals surface area (Å²) in [5.41, 5.74) is 1.81. The Kier molecular flexibility index (Phi) is 6.60. The predicted octanol–water partition coefficient (Wildman–Crippen LogP) is 3.57. The summed E-state index contributed by atoms with van der Waals surface area (Å²) in [7, 11) is 3.45. The van der Waals surface area contributed by atoms with Crippen LogP contribution in [0.4, 0.5) is 14.6 Å². The van der Waals surface area contributed by atoms with E-state index in [2.05, 4.69) is 20.0 Å². The molecule has 1 saturated carbocycles. The molecule has 0 bridgehead atoms. The van der Waals surface area contributed by atoms with Crippen LogP contribution in [-0.2, 0) is 11.9 Å². The fourth-order valence-corrected chi connectivity index (χ4v) is 5.00. The van der Waals surface area contributed by atoms with Crippen molar-refractivity contribution in [2.75, 3.05) is 18.7 Å². The monoisotopic (exact) mass is 510 g/mol. The Morgan fingerprint density at radius 3 is 2.73 bits per heavy atom. The van der Waals surface area contributed by atoms with Gasteiger partial charge >= 0.3 is 12.3 Å². The van der Waals surface area contributed by atoms with Gasteiger partial charge < -0.3 is 19.2 Å². The number of para-hydroxylation sites is 1. The molecule has 1 fully saturated rings. The molecule has 3 heterocycles. The van der Waals surface area contributed by atoms with Crippen molar-refractivity contribution in [2.45, 2.75) is 38.3 Å². The SMILES string of the molecule is CN(c1nc(=O)n(C)c2ccc(C#N)nc12)C1CCC(/C(=N/OC(F)F)c2cccc3c2OCO3)CC1. The summed E-state index contributed by atoms with van der Waals surface area (Å²) in [6.07, 6.45) is 2.62. The number of benzene rings is 1. The number of aryl methyl sites for hydroxylation is 1. The Hall–Kier alpha value is -4.27. The van der Waals surface area contributed by atoms with Gasteiger partial charge in [0.2, 0.25) is 6.79 Å². The Bertz CT molecular complexity index is 1460. The maximum atomic E-state index is 12.9. The predicted molar refractivity (Wildman–Crippen MR) is 130 cm³/mol. The van der Waals surface area contributed by atoms with Gasteiger partial charge in [0.1, 0.15) is 17.3 Å². The largest absolute Gasteiger partial charge is 0.454 e.